The molecule has 0 bridgehead atoms. The van der Waals surface area contributed by atoms with Gasteiger partial charge in [-0.1, -0.05) is 36.4 Å². The van der Waals surface area contributed by atoms with Gasteiger partial charge in [-0.05, 0) is 34.2 Å². The van der Waals surface area contributed by atoms with Crippen molar-refractivity contribution in [1.82, 2.24) is 0 Å². The zero-order chi connectivity index (χ0) is 13.0. The first-order valence-electron chi connectivity index (χ1n) is 6.45. The summed E-state index contributed by atoms with van der Waals surface area (Å²) >= 11 is 0. The van der Waals surface area contributed by atoms with Gasteiger partial charge in [-0.3, -0.25) is 4.79 Å². The zero-order valence-corrected chi connectivity index (χ0v) is 10.3. The minimum Gasteiger partial charge on any atom is -0.507 e. The summed E-state index contributed by atoms with van der Waals surface area (Å²) in [7, 11) is 0. The van der Waals surface area contributed by atoms with E-state index in [0.29, 0.717) is 12.0 Å². The number of phenols is 1. The Morgan fingerprint density at radius 2 is 1.79 bits per heavy atom. The molecule has 1 aliphatic carbocycles. The third-order valence-electron chi connectivity index (χ3n) is 4.02. The largest absolute Gasteiger partial charge is 0.507 e. The standard InChI is InChI=1S/C17H12O2/c18-15-8-7-12-13-6-5-10-3-1-2-4-11(10)17(13)16(19)9-14(12)15/h1-6,9,19H,7-8H2. The maximum absolute atomic E-state index is 11.8. The second-order valence-corrected chi connectivity index (χ2v) is 5.05. The zero-order valence-electron chi connectivity index (χ0n) is 10.3. The number of fused-ring (bicyclic) bond motifs is 5. The van der Waals surface area contributed by atoms with E-state index < -0.39 is 0 Å². The molecule has 1 aliphatic rings. The fourth-order valence-electron chi connectivity index (χ4n) is 3.13. The summed E-state index contributed by atoms with van der Waals surface area (Å²) in [6.07, 6.45) is 1.34. The van der Waals surface area contributed by atoms with Crippen molar-refractivity contribution in [3.05, 3.63) is 53.6 Å². The first kappa shape index (κ1) is 10.6. The molecule has 0 amide bonds. The molecule has 0 radical (unpaired) electrons. The summed E-state index contributed by atoms with van der Waals surface area (Å²) in [5, 5.41) is 14.3. The number of aromatic hydroxyl groups is 1. The van der Waals surface area contributed by atoms with Gasteiger partial charge < -0.3 is 5.11 Å². The second-order valence-electron chi connectivity index (χ2n) is 5.05. The molecule has 0 saturated heterocycles. The van der Waals surface area contributed by atoms with Gasteiger partial charge in [0.2, 0.25) is 0 Å². The quantitative estimate of drug-likeness (QED) is 0.614. The SMILES string of the molecule is O=C1CCc2c1cc(O)c1c2ccc2ccccc21. The van der Waals surface area contributed by atoms with E-state index in [-0.39, 0.29) is 11.5 Å². The highest BCUT2D eigenvalue weighted by atomic mass is 16.3. The first-order valence-corrected chi connectivity index (χ1v) is 6.45. The van der Waals surface area contributed by atoms with Gasteiger partial charge in [0.15, 0.2) is 5.78 Å². The van der Waals surface area contributed by atoms with Gasteiger partial charge >= 0.3 is 0 Å². The van der Waals surface area contributed by atoms with Gasteiger partial charge in [-0.25, -0.2) is 0 Å². The summed E-state index contributed by atoms with van der Waals surface area (Å²) in [5.74, 6) is 0.348. The Morgan fingerprint density at radius 3 is 2.68 bits per heavy atom. The number of hydrogen-bond donors (Lipinski definition) is 1. The lowest BCUT2D eigenvalue weighted by atomic mass is 9.95. The minimum absolute atomic E-state index is 0.139. The van der Waals surface area contributed by atoms with E-state index in [2.05, 4.69) is 6.07 Å². The van der Waals surface area contributed by atoms with E-state index in [1.807, 2.05) is 30.3 Å². The van der Waals surface area contributed by atoms with Crippen LogP contribution in [0.3, 0.4) is 0 Å². The number of carbonyl (C=O) groups is 1. The van der Waals surface area contributed by atoms with Crippen molar-refractivity contribution in [2.45, 2.75) is 12.8 Å². The van der Waals surface area contributed by atoms with Crippen LogP contribution in [0.5, 0.6) is 5.75 Å². The van der Waals surface area contributed by atoms with E-state index in [1.165, 1.54) is 0 Å². The van der Waals surface area contributed by atoms with E-state index in [4.69, 9.17) is 0 Å². The van der Waals surface area contributed by atoms with Crippen molar-refractivity contribution in [3.63, 3.8) is 0 Å². The van der Waals surface area contributed by atoms with E-state index >= 15 is 0 Å². The molecule has 0 fully saturated rings. The van der Waals surface area contributed by atoms with Crippen LogP contribution in [0.1, 0.15) is 22.3 Å². The van der Waals surface area contributed by atoms with Gasteiger partial charge in [0, 0.05) is 17.4 Å². The van der Waals surface area contributed by atoms with Crippen LogP contribution in [0.4, 0.5) is 0 Å². The van der Waals surface area contributed by atoms with Crippen molar-refractivity contribution in [2.24, 2.45) is 0 Å². The molecular weight excluding hydrogens is 236 g/mol. The molecule has 3 aromatic carbocycles. The van der Waals surface area contributed by atoms with Crippen LogP contribution < -0.4 is 0 Å². The molecule has 2 heteroatoms. The van der Waals surface area contributed by atoms with Crippen LogP contribution in [-0.4, -0.2) is 10.9 Å². The predicted octanol–water partition coefficient (Wildman–Crippen LogP) is 3.83. The monoisotopic (exact) mass is 248 g/mol. The number of phenolic OH excluding ortho intramolecular Hbond substituents is 1. The van der Waals surface area contributed by atoms with Crippen molar-refractivity contribution < 1.29 is 9.90 Å². The summed E-state index contributed by atoms with van der Waals surface area (Å²) in [6.45, 7) is 0. The molecule has 0 unspecified atom stereocenters. The number of ketones is 1. The maximum Gasteiger partial charge on any atom is 0.163 e. The fourth-order valence-corrected chi connectivity index (χ4v) is 3.13. The van der Waals surface area contributed by atoms with Crippen LogP contribution in [0.15, 0.2) is 42.5 Å². The lowest BCUT2D eigenvalue weighted by molar-refractivity contribution is 0.0994. The average molecular weight is 248 g/mol. The summed E-state index contributed by atoms with van der Waals surface area (Å²) in [4.78, 5) is 11.8. The minimum atomic E-state index is 0.139. The normalized spacial score (nSPS) is 14.2. The molecular formula is C17H12O2. The molecule has 92 valence electrons. The lowest BCUT2D eigenvalue weighted by Gasteiger charge is -2.10. The Labute approximate surface area is 110 Å². The van der Waals surface area contributed by atoms with Gasteiger partial charge in [-0.2, -0.15) is 0 Å². The van der Waals surface area contributed by atoms with Gasteiger partial charge in [0.25, 0.3) is 0 Å². The topological polar surface area (TPSA) is 37.3 Å². The Hall–Kier alpha value is -2.35. The van der Waals surface area contributed by atoms with Crippen molar-refractivity contribution in [2.75, 3.05) is 0 Å². The second kappa shape index (κ2) is 3.58. The molecule has 19 heavy (non-hydrogen) atoms. The number of Topliss-reactive ketones (excluding diaryl/α,β-unsaturated/α-hetero) is 1. The van der Waals surface area contributed by atoms with E-state index in [0.717, 1.165) is 33.5 Å². The smallest absolute Gasteiger partial charge is 0.163 e. The lowest BCUT2D eigenvalue weighted by Crippen LogP contribution is -1.92. The number of aryl methyl sites for hydroxylation is 1. The number of benzene rings is 3. The molecule has 0 atom stereocenters. The van der Waals surface area contributed by atoms with Crippen molar-refractivity contribution in [1.29, 1.82) is 0 Å². The fraction of sp³-hybridized carbons (Fsp3) is 0.118. The predicted molar refractivity (Wildman–Crippen MR) is 75.8 cm³/mol. The van der Waals surface area contributed by atoms with Crippen LogP contribution >= 0.6 is 0 Å². The maximum atomic E-state index is 11.8. The molecule has 0 aliphatic heterocycles. The number of hydrogen-bond acceptors (Lipinski definition) is 2. The van der Waals surface area contributed by atoms with Gasteiger partial charge in [0.1, 0.15) is 5.75 Å². The van der Waals surface area contributed by atoms with Gasteiger partial charge in [-0.15, -0.1) is 0 Å². The van der Waals surface area contributed by atoms with Crippen molar-refractivity contribution >= 4 is 27.3 Å². The highest BCUT2D eigenvalue weighted by molar-refractivity contribution is 6.15. The van der Waals surface area contributed by atoms with Gasteiger partial charge in [0.05, 0.1) is 0 Å². The molecule has 0 saturated carbocycles. The molecule has 1 N–H and O–H groups in total. The molecule has 0 heterocycles. The third kappa shape index (κ3) is 1.34. The Morgan fingerprint density at radius 1 is 0.947 bits per heavy atom. The van der Waals surface area contributed by atoms with E-state index in [1.54, 1.807) is 6.07 Å². The third-order valence-corrected chi connectivity index (χ3v) is 4.02. The first-order chi connectivity index (χ1) is 9.25. The summed E-state index contributed by atoms with van der Waals surface area (Å²) < 4.78 is 0. The van der Waals surface area contributed by atoms with Crippen LogP contribution in [0.25, 0.3) is 21.5 Å². The van der Waals surface area contributed by atoms with Crippen LogP contribution in [-0.2, 0) is 6.42 Å². The van der Waals surface area contributed by atoms with E-state index in [9.17, 15) is 9.90 Å². The Balaban J connectivity index is 2.26. The highest BCUT2D eigenvalue weighted by Crippen LogP contribution is 2.39. The molecule has 3 aromatic rings. The van der Waals surface area contributed by atoms with Crippen LogP contribution in [0, 0.1) is 0 Å². The number of rotatable bonds is 0. The Kier molecular flexibility index (Phi) is 1.99. The number of carbonyl (C=O) groups excluding carboxylic acids is 1. The summed E-state index contributed by atoms with van der Waals surface area (Å²) in [5.41, 5.74) is 1.78. The average Bonchev–Trinajstić information content (AvgIpc) is 2.80. The van der Waals surface area contributed by atoms with Crippen LogP contribution in [0.2, 0.25) is 0 Å². The Bertz CT molecular complexity index is 847. The van der Waals surface area contributed by atoms with Crippen molar-refractivity contribution in [3.8, 4) is 5.75 Å². The molecule has 4 rings (SSSR count). The highest BCUT2D eigenvalue weighted by Gasteiger charge is 2.23. The summed E-state index contributed by atoms with van der Waals surface area (Å²) in [6, 6.07) is 13.7. The molecule has 0 spiro atoms. The molecule has 2 nitrogen and oxygen atoms in total. The molecule has 0 aromatic heterocycles.